The number of hydrogen-bond donors (Lipinski definition) is 2. The summed E-state index contributed by atoms with van der Waals surface area (Å²) in [5, 5.41) is 9.47. The summed E-state index contributed by atoms with van der Waals surface area (Å²) in [6, 6.07) is 7.83. The number of benzene rings is 1. The fraction of sp³-hybridized carbons (Fsp3) is 0.333. The first-order valence-electron chi connectivity index (χ1n) is 3.81. The summed E-state index contributed by atoms with van der Waals surface area (Å²) in [6.07, 6.45) is 0.320. The molecular weight excluding hydrogens is 174 g/mol. The molecule has 1 aliphatic rings. The Labute approximate surface area is 77.8 Å². The van der Waals surface area contributed by atoms with Gasteiger partial charge in [0.1, 0.15) is 0 Å². The van der Waals surface area contributed by atoms with Gasteiger partial charge in [0.05, 0.1) is 6.10 Å². The highest BCUT2D eigenvalue weighted by Crippen LogP contribution is 2.36. The molecule has 1 aliphatic carbocycles. The van der Waals surface area contributed by atoms with E-state index in [4.69, 9.17) is 5.73 Å². The first-order valence-corrected chi connectivity index (χ1v) is 3.81. The molecule has 1 aromatic carbocycles. The van der Waals surface area contributed by atoms with Crippen molar-refractivity contribution in [3.05, 3.63) is 35.4 Å². The Morgan fingerprint density at radius 3 is 2.42 bits per heavy atom. The monoisotopic (exact) mass is 185 g/mol. The lowest BCUT2D eigenvalue weighted by Gasteiger charge is -2.01. The van der Waals surface area contributed by atoms with Gasteiger partial charge in [-0.05, 0) is 17.5 Å². The second-order valence-corrected chi connectivity index (χ2v) is 2.99. The molecule has 0 spiro atoms. The molecule has 0 aliphatic heterocycles. The van der Waals surface area contributed by atoms with Crippen molar-refractivity contribution in [2.75, 3.05) is 0 Å². The van der Waals surface area contributed by atoms with Gasteiger partial charge in [-0.15, -0.1) is 12.4 Å². The zero-order valence-electron chi connectivity index (χ0n) is 6.60. The molecule has 0 amide bonds. The van der Waals surface area contributed by atoms with E-state index in [1.54, 1.807) is 0 Å². The highest BCUT2D eigenvalue weighted by Gasteiger charge is 2.25. The van der Waals surface area contributed by atoms with Gasteiger partial charge in [-0.2, -0.15) is 0 Å². The smallest absolute Gasteiger partial charge is 0.0811 e. The van der Waals surface area contributed by atoms with E-state index in [2.05, 4.69) is 0 Å². The van der Waals surface area contributed by atoms with E-state index < -0.39 is 0 Å². The minimum absolute atomic E-state index is 0. The maximum absolute atomic E-state index is 9.47. The van der Waals surface area contributed by atoms with Crippen LogP contribution in [0.2, 0.25) is 0 Å². The van der Waals surface area contributed by atoms with Gasteiger partial charge in [-0.1, -0.05) is 24.3 Å². The third-order valence-electron chi connectivity index (χ3n) is 2.23. The Morgan fingerprint density at radius 1 is 1.25 bits per heavy atom. The fourth-order valence-corrected chi connectivity index (χ4v) is 1.65. The van der Waals surface area contributed by atoms with Crippen molar-refractivity contribution in [3.63, 3.8) is 0 Å². The van der Waals surface area contributed by atoms with E-state index in [0.717, 1.165) is 11.1 Å². The Hall–Kier alpha value is -0.570. The van der Waals surface area contributed by atoms with E-state index >= 15 is 0 Å². The van der Waals surface area contributed by atoms with Crippen molar-refractivity contribution in [1.29, 1.82) is 0 Å². The molecule has 0 saturated carbocycles. The average molecular weight is 186 g/mol. The minimum Gasteiger partial charge on any atom is -0.388 e. The topological polar surface area (TPSA) is 46.2 Å². The first kappa shape index (κ1) is 9.52. The highest BCUT2D eigenvalue weighted by molar-refractivity contribution is 5.85. The minimum atomic E-state index is -0.346. The lowest BCUT2D eigenvalue weighted by Crippen LogP contribution is -2.05. The number of halogens is 1. The van der Waals surface area contributed by atoms with E-state index in [0.29, 0.717) is 6.42 Å². The predicted octanol–water partition coefficient (Wildman–Crippen LogP) is 1.55. The number of nitrogens with two attached hydrogens (primary N) is 1. The maximum Gasteiger partial charge on any atom is 0.0811 e. The lowest BCUT2D eigenvalue weighted by atomic mass is 10.1. The number of aliphatic hydroxyl groups excluding tert-OH is 1. The third-order valence-corrected chi connectivity index (χ3v) is 2.23. The van der Waals surface area contributed by atoms with Crippen molar-refractivity contribution >= 4 is 12.4 Å². The van der Waals surface area contributed by atoms with E-state index in [1.165, 1.54) is 0 Å². The van der Waals surface area contributed by atoms with Gasteiger partial charge in [-0.3, -0.25) is 0 Å². The van der Waals surface area contributed by atoms with Gasteiger partial charge in [0, 0.05) is 6.04 Å². The van der Waals surface area contributed by atoms with Crippen LogP contribution in [0.4, 0.5) is 0 Å². The molecule has 2 rings (SSSR count). The normalized spacial score (nSPS) is 26.2. The summed E-state index contributed by atoms with van der Waals surface area (Å²) in [6.45, 7) is 0. The van der Waals surface area contributed by atoms with Crippen molar-refractivity contribution in [1.82, 2.24) is 0 Å². The fourth-order valence-electron chi connectivity index (χ4n) is 1.65. The molecule has 0 aromatic heterocycles. The van der Waals surface area contributed by atoms with Crippen molar-refractivity contribution < 1.29 is 5.11 Å². The van der Waals surface area contributed by atoms with Crippen LogP contribution in [0.5, 0.6) is 0 Å². The molecule has 0 unspecified atom stereocenters. The van der Waals surface area contributed by atoms with Crippen molar-refractivity contribution in [2.45, 2.75) is 18.6 Å². The molecule has 12 heavy (non-hydrogen) atoms. The van der Waals surface area contributed by atoms with Crippen LogP contribution in [0.25, 0.3) is 0 Å². The molecule has 0 fully saturated rings. The van der Waals surface area contributed by atoms with E-state index in [1.807, 2.05) is 24.3 Å². The average Bonchev–Trinajstić information content (AvgIpc) is 2.30. The molecule has 0 heterocycles. The maximum atomic E-state index is 9.47. The summed E-state index contributed by atoms with van der Waals surface area (Å²) in [4.78, 5) is 0. The second kappa shape index (κ2) is 3.44. The summed E-state index contributed by atoms with van der Waals surface area (Å²) < 4.78 is 0. The molecule has 0 bridgehead atoms. The SMILES string of the molecule is Cl.N[C@@H]1C[C@H](O)c2ccccc21. The van der Waals surface area contributed by atoms with Crippen molar-refractivity contribution in [3.8, 4) is 0 Å². The molecule has 2 atom stereocenters. The lowest BCUT2D eigenvalue weighted by molar-refractivity contribution is 0.173. The summed E-state index contributed by atoms with van der Waals surface area (Å²) in [5.74, 6) is 0. The van der Waals surface area contributed by atoms with Crippen molar-refractivity contribution in [2.24, 2.45) is 5.73 Å². The van der Waals surface area contributed by atoms with Crippen LogP contribution in [-0.2, 0) is 0 Å². The predicted molar refractivity (Wildman–Crippen MR) is 50.2 cm³/mol. The standard InChI is InChI=1S/C9H11NO.ClH/c10-8-5-9(11)7-4-2-1-3-6(7)8;/h1-4,8-9,11H,5,10H2;1H/t8-,9+;/m1./s1. The molecule has 2 nitrogen and oxygen atoms in total. The van der Waals surface area contributed by atoms with E-state index in [9.17, 15) is 5.11 Å². The number of hydrogen-bond acceptors (Lipinski definition) is 2. The Balaban J connectivity index is 0.000000720. The van der Waals surface area contributed by atoms with Gasteiger partial charge in [-0.25, -0.2) is 0 Å². The number of fused-ring (bicyclic) bond motifs is 1. The Morgan fingerprint density at radius 2 is 1.83 bits per heavy atom. The Kier molecular flexibility index (Phi) is 2.73. The zero-order chi connectivity index (χ0) is 7.84. The molecule has 66 valence electrons. The van der Waals surface area contributed by atoms with Crippen LogP contribution in [0.1, 0.15) is 29.7 Å². The van der Waals surface area contributed by atoms with Gasteiger partial charge >= 0.3 is 0 Å². The zero-order valence-corrected chi connectivity index (χ0v) is 7.42. The summed E-state index contributed by atoms with van der Waals surface area (Å²) in [5.41, 5.74) is 7.87. The first-order chi connectivity index (χ1) is 5.29. The van der Waals surface area contributed by atoms with Gasteiger partial charge in [0.2, 0.25) is 0 Å². The highest BCUT2D eigenvalue weighted by atomic mass is 35.5. The van der Waals surface area contributed by atoms with Gasteiger partial charge in [0.25, 0.3) is 0 Å². The van der Waals surface area contributed by atoms with Gasteiger partial charge in [0.15, 0.2) is 0 Å². The largest absolute Gasteiger partial charge is 0.388 e. The quantitative estimate of drug-likeness (QED) is 0.644. The number of aliphatic hydroxyl groups is 1. The van der Waals surface area contributed by atoms with Gasteiger partial charge < -0.3 is 10.8 Å². The van der Waals surface area contributed by atoms with Crippen LogP contribution in [0, 0.1) is 0 Å². The van der Waals surface area contributed by atoms with Crippen LogP contribution < -0.4 is 5.73 Å². The van der Waals surface area contributed by atoms with Crippen LogP contribution >= 0.6 is 12.4 Å². The molecule has 3 heteroatoms. The third kappa shape index (κ3) is 1.33. The molecule has 3 N–H and O–H groups in total. The van der Waals surface area contributed by atoms with E-state index in [-0.39, 0.29) is 24.6 Å². The number of rotatable bonds is 0. The Bertz CT molecular complexity index is 250. The molecular formula is C9H12ClNO. The molecule has 0 saturated heterocycles. The summed E-state index contributed by atoms with van der Waals surface area (Å²) >= 11 is 0. The molecule has 1 aromatic rings. The summed E-state index contributed by atoms with van der Waals surface area (Å²) in [7, 11) is 0. The van der Waals surface area contributed by atoms with Crippen LogP contribution in [0.3, 0.4) is 0 Å². The molecule has 0 radical (unpaired) electrons. The second-order valence-electron chi connectivity index (χ2n) is 2.99. The van der Waals surface area contributed by atoms with Crippen LogP contribution in [0.15, 0.2) is 24.3 Å². The van der Waals surface area contributed by atoms with Crippen LogP contribution in [-0.4, -0.2) is 5.11 Å².